The molecule has 0 N–H and O–H groups in total. The third-order valence-corrected chi connectivity index (χ3v) is 9.23. The predicted octanol–water partition coefficient (Wildman–Crippen LogP) is 9.58. The van der Waals surface area contributed by atoms with Crippen molar-refractivity contribution in [1.29, 1.82) is 0 Å². The molecular weight excluding hydrogens is 639 g/mol. The molecule has 7 rings (SSSR count). The molecule has 6 nitrogen and oxygen atoms in total. The van der Waals surface area contributed by atoms with Gasteiger partial charge in [0, 0.05) is 11.3 Å². The second-order valence-corrected chi connectivity index (χ2v) is 12.4. The Balaban J connectivity index is 1.49. The van der Waals surface area contributed by atoms with E-state index >= 15 is 0 Å². The number of ether oxygens (including phenoxy) is 1. The molecule has 0 saturated carbocycles. The van der Waals surface area contributed by atoms with Gasteiger partial charge in [0.2, 0.25) is 0 Å². The lowest BCUT2D eigenvalue weighted by Crippen LogP contribution is -2.57. The molecule has 1 aliphatic heterocycles. The van der Waals surface area contributed by atoms with Crippen LogP contribution >= 0.6 is 12.2 Å². The van der Waals surface area contributed by atoms with Gasteiger partial charge in [-0.3, -0.25) is 19.4 Å². The Labute approximate surface area is 297 Å². The first kappa shape index (κ1) is 32.5. The Morgan fingerprint density at radius 2 is 1.18 bits per heavy atom. The Morgan fingerprint density at radius 1 is 0.620 bits per heavy atom. The number of para-hydroxylation sites is 1. The number of carbonyl (C=O) groups is 2. The lowest BCUT2D eigenvalue weighted by Gasteiger charge is -2.36. The number of hydrogen-bond donors (Lipinski definition) is 0. The highest BCUT2D eigenvalue weighted by Crippen LogP contribution is 2.39. The van der Waals surface area contributed by atoms with Crippen molar-refractivity contribution >= 4 is 46.6 Å². The first-order valence-electron chi connectivity index (χ1n) is 16.5. The summed E-state index contributed by atoms with van der Waals surface area (Å²) in [6.45, 7) is 6.54. The molecule has 2 heterocycles. The van der Waals surface area contributed by atoms with Gasteiger partial charge in [-0.05, 0) is 116 Å². The number of amides is 2. The quantitative estimate of drug-likeness (QED) is 0.0918. The zero-order valence-electron chi connectivity index (χ0n) is 28.0. The van der Waals surface area contributed by atoms with Crippen molar-refractivity contribution in [2.45, 2.75) is 20.8 Å². The maximum atomic E-state index is 14.6. The van der Waals surface area contributed by atoms with Gasteiger partial charge < -0.3 is 9.30 Å². The van der Waals surface area contributed by atoms with E-state index in [0.717, 1.165) is 45.1 Å². The van der Waals surface area contributed by atoms with Gasteiger partial charge in [0.15, 0.2) is 5.11 Å². The van der Waals surface area contributed by atoms with Gasteiger partial charge in [-0.25, -0.2) is 0 Å². The standard InChI is InChI=1S/C43H35N3O3S/c1-4-49-37-24-22-35(23-25-37)44-39(31-14-8-5-9-15-31)28-33(40(44)32-16-10-6-11-17-32)27-38-41(47)45(34-18-12-7-13-19-34)43(50)46(42(38)48)36-21-20-29(2)30(3)26-36/h5-28H,4H2,1-3H3/b38-27+. The average molecular weight is 674 g/mol. The van der Waals surface area contributed by atoms with Gasteiger partial charge in [0.1, 0.15) is 11.3 Å². The molecule has 0 atom stereocenters. The number of aryl methyl sites for hydroxylation is 2. The molecule has 0 radical (unpaired) electrons. The van der Waals surface area contributed by atoms with Gasteiger partial charge >= 0.3 is 0 Å². The van der Waals surface area contributed by atoms with E-state index in [-0.39, 0.29) is 10.7 Å². The van der Waals surface area contributed by atoms with Crippen molar-refractivity contribution in [3.05, 3.63) is 162 Å². The van der Waals surface area contributed by atoms with Crippen LogP contribution < -0.4 is 14.5 Å². The van der Waals surface area contributed by atoms with Gasteiger partial charge in [0.05, 0.1) is 29.4 Å². The summed E-state index contributed by atoms with van der Waals surface area (Å²) in [4.78, 5) is 32.0. The monoisotopic (exact) mass is 673 g/mol. The molecule has 50 heavy (non-hydrogen) atoms. The fourth-order valence-electron chi connectivity index (χ4n) is 6.26. The number of rotatable bonds is 8. The van der Waals surface area contributed by atoms with Crippen LogP contribution in [0.1, 0.15) is 23.6 Å². The molecule has 2 amide bonds. The first-order chi connectivity index (χ1) is 24.4. The molecule has 1 aliphatic rings. The Hall–Kier alpha value is -6.05. The molecular formula is C43H35N3O3S. The van der Waals surface area contributed by atoms with Crippen molar-refractivity contribution in [3.8, 4) is 34.0 Å². The smallest absolute Gasteiger partial charge is 0.270 e. The number of carbonyl (C=O) groups excluding carboxylic acids is 2. The minimum Gasteiger partial charge on any atom is -0.494 e. The normalized spacial score (nSPS) is 14.1. The SMILES string of the molecule is CCOc1ccc(-n2c(-c3ccccc3)cc(/C=C3\C(=O)N(c4ccccc4)C(=S)N(c4ccc(C)c(C)c4)C3=O)c2-c2ccccc2)cc1. The maximum absolute atomic E-state index is 14.6. The minimum atomic E-state index is -0.486. The number of anilines is 2. The molecule has 1 fully saturated rings. The summed E-state index contributed by atoms with van der Waals surface area (Å²) >= 11 is 5.91. The van der Waals surface area contributed by atoms with E-state index in [9.17, 15) is 9.59 Å². The first-order valence-corrected chi connectivity index (χ1v) is 16.9. The maximum Gasteiger partial charge on any atom is 0.270 e. The van der Waals surface area contributed by atoms with E-state index in [1.165, 1.54) is 9.80 Å². The third-order valence-electron chi connectivity index (χ3n) is 8.87. The van der Waals surface area contributed by atoms with Gasteiger partial charge in [0.25, 0.3) is 11.8 Å². The van der Waals surface area contributed by atoms with Crippen molar-refractivity contribution in [2.24, 2.45) is 0 Å². The second kappa shape index (κ2) is 13.8. The van der Waals surface area contributed by atoms with Crippen LogP contribution in [0.5, 0.6) is 5.75 Å². The van der Waals surface area contributed by atoms with Crippen molar-refractivity contribution in [3.63, 3.8) is 0 Å². The molecule has 0 aliphatic carbocycles. The largest absolute Gasteiger partial charge is 0.494 e. The van der Waals surface area contributed by atoms with Crippen LogP contribution in [-0.4, -0.2) is 28.1 Å². The highest BCUT2D eigenvalue weighted by Gasteiger charge is 2.41. The van der Waals surface area contributed by atoms with E-state index in [1.54, 1.807) is 6.08 Å². The molecule has 1 saturated heterocycles. The zero-order valence-corrected chi connectivity index (χ0v) is 28.9. The summed E-state index contributed by atoms with van der Waals surface area (Å²) in [6, 6.07) is 45.1. The zero-order chi connectivity index (χ0) is 34.8. The number of aromatic nitrogens is 1. The fraction of sp³-hybridized carbons (Fsp3) is 0.0930. The number of nitrogens with zero attached hydrogens (tertiary/aromatic N) is 3. The molecule has 0 bridgehead atoms. The summed E-state index contributed by atoms with van der Waals surface area (Å²) < 4.78 is 7.93. The van der Waals surface area contributed by atoms with E-state index in [1.807, 2.05) is 148 Å². The molecule has 0 spiro atoms. The second-order valence-electron chi connectivity index (χ2n) is 12.1. The fourth-order valence-corrected chi connectivity index (χ4v) is 6.64. The summed E-state index contributed by atoms with van der Waals surface area (Å²) in [5, 5.41) is 0.104. The number of thiocarbonyl (C=S) groups is 1. The van der Waals surface area contributed by atoms with Gasteiger partial charge in [-0.1, -0.05) is 84.9 Å². The summed E-state index contributed by atoms with van der Waals surface area (Å²) in [6.07, 6.45) is 1.72. The Morgan fingerprint density at radius 3 is 1.78 bits per heavy atom. The molecule has 5 aromatic carbocycles. The lowest BCUT2D eigenvalue weighted by molar-refractivity contribution is -0.120. The van der Waals surface area contributed by atoms with E-state index in [0.29, 0.717) is 23.5 Å². The minimum absolute atomic E-state index is 0.00122. The highest BCUT2D eigenvalue weighted by molar-refractivity contribution is 7.81. The number of hydrogen-bond acceptors (Lipinski definition) is 4. The topological polar surface area (TPSA) is 54.8 Å². The Kier molecular flexibility index (Phi) is 8.98. The summed E-state index contributed by atoms with van der Waals surface area (Å²) in [5.41, 5.74) is 8.53. The van der Waals surface area contributed by atoms with Crippen LogP contribution in [-0.2, 0) is 9.59 Å². The van der Waals surface area contributed by atoms with Crippen LogP contribution in [0.2, 0.25) is 0 Å². The predicted molar refractivity (Wildman–Crippen MR) is 206 cm³/mol. The number of benzene rings is 5. The molecule has 0 unspecified atom stereocenters. The van der Waals surface area contributed by atoms with Crippen LogP contribution in [0, 0.1) is 13.8 Å². The van der Waals surface area contributed by atoms with Crippen LogP contribution in [0.15, 0.2) is 145 Å². The molecule has 6 aromatic rings. The van der Waals surface area contributed by atoms with Crippen molar-refractivity contribution in [1.82, 2.24) is 4.57 Å². The van der Waals surface area contributed by atoms with Crippen LogP contribution in [0.4, 0.5) is 11.4 Å². The third kappa shape index (κ3) is 6.04. The van der Waals surface area contributed by atoms with E-state index in [4.69, 9.17) is 17.0 Å². The molecule has 7 heteroatoms. The van der Waals surface area contributed by atoms with Crippen molar-refractivity contribution in [2.75, 3.05) is 16.4 Å². The highest BCUT2D eigenvalue weighted by atomic mass is 32.1. The van der Waals surface area contributed by atoms with Crippen LogP contribution in [0.25, 0.3) is 34.3 Å². The van der Waals surface area contributed by atoms with E-state index < -0.39 is 11.8 Å². The molecule has 1 aromatic heterocycles. The summed E-state index contributed by atoms with van der Waals surface area (Å²) in [7, 11) is 0. The average Bonchev–Trinajstić information content (AvgIpc) is 3.52. The van der Waals surface area contributed by atoms with Crippen molar-refractivity contribution < 1.29 is 14.3 Å². The van der Waals surface area contributed by atoms with Gasteiger partial charge in [-0.15, -0.1) is 0 Å². The Bertz CT molecular complexity index is 2240. The van der Waals surface area contributed by atoms with Gasteiger partial charge in [-0.2, -0.15) is 0 Å². The molecule has 246 valence electrons. The summed E-state index contributed by atoms with van der Waals surface area (Å²) in [5.74, 6) is -0.194. The lowest BCUT2D eigenvalue weighted by atomic mass is 10.0. The van der Waals surface area contributed by atoms with E-state index in [2.05, 4.69) is 16.7 Å². The van der Waals surface area contributed by atoms with Crippen LogP contribution in [0.3, 0.4) is 0 Å².